The predicted octanol–water partition coefficient (Wildman–Crippen LogP) is 4.80. The van der Waals surface area contributed by atoms with Crippen LogP contribution in [0.2, 0.25) is 5.02 Å². The van der Waals surface area contributed by atoms with E-state index in [1.165, 1.54) is 23.1 Å². The van der Waals surface area contributed by atoms with E-state index in [0.29, 0.717) is 23.7 Å². The zero-order valence-electron chi connectivity index (χ0n) is 22.6. The van der Waals surface area contributed by atoms with Crippen molar-refractivity contribution in [3.05, 3.63) is 88.9 Å². The SMILES string of the molecule is CCNC(=O)C(CC)N(Cc1cccc(OC)c1)C(=O)CN(c1ccc(C)c(Cl)c1)S(=O)(=O)c1ccccc1. The minimum Gasteiger partial charge on any atom is -0.497 e. The van der Waals surface area contributed by atoms with Gasteiger partial charge in [0.1, 0.15) is 18.3 Å². The number of likely N-dealkylation sites (N-methyl/N-ethyl adjacent to an activating group) is 1. The molecule has 0 aliphatic carbocycles. The second-order valence-corrected chi connectivity index (χ2v) is 11.2. The van der Waals surface area contributed by atoms with Crippen molar-refractivity contribution in [1.82, 2.24) is 10.2 Å². The largest absolute Gasteiger partial charge is 0.497 e. The smallest absolute Gasteiger partial charge is 0.264 e. The summed E-state index contributed by atoms with van der Waals surface area (Å²) in [5, 5.41) is 3.16. The van der Waals surface area contributed by atoms with Crippen molar-refractivity contribution >= 4 is 39.1 Å². The Kier molecular flexibility index (Phi) is 10.4. The highest BCUT2D eigenvalue weighted by Crippen LogP contribution is 2.29. The fourth-order valence-electron chi connectivity index (χ4n) is 4.16. The molecule has 10 heteroatoms. The number of amides is 2. The topological polar surface area (TPSA) is 96.0 Å². The molecule has 3 aromatic rings. The molecule has 3 rings (SSSR count). The highest BCUT2D eigenvalue weighted by atomic mass is 35.5. The molecule has 0 aliphatic heterocycles. The third-order valence-electron chi connectivity index (χ3n) is 6.28. The van der Waals surface area contributed by atoms with Crippen molar-refractivity contribution in [2.75, 3.05) is 24.5 Å². The molecular weight excluding hydrogens is 538 g/mol. The first-order chi connectivity index (χ1) is 18.6. The number of halogens is 1. The number of methoxy groups -OCH3 is 1. The number of nitrogens with one attached hydrogen (secondary N) is 1. The van der Waals surface area contributed by atoms with Gasteiger partial charge in [-0.1, -0.05) is 54.9 Å². The molecule has 1 unspecified atom stereocenters. The van der Waals surface area contributed by atoms with E-state index in [4.69, 9.17) is 16.3 Å². The number of benzene rings is 3. The third kappa shape index (κ3) is 7.30. The number of ether oxygens (including phenoxy) is 1. The van der Waals surface area contributed by atoms with E-state index in [9.17, 15) is 18.0 Å². The van der Waals surface area contributed by atoms with Gasteiger partial charge in [0, 0.05) is 18.1 Å². The number of aryl methyl sites for hydroxylation is 1. The van der Waals surface area contributed by atoms with Crippen LogP contribution in [0, 0.1) is 6.92 Å². The maximum absolute atomic E-state index is 14.0. The number of sulfonamides is 1. The standard InChI is InChI=1S/C29H34ClN3O5S/c1-5-27(29(35)31-6-2)32(19-22-11-10-12-24(17-22)38-4)28(34)20-33(23-16-15-21(3)26(30)18-23)39(36,37)25-13-8-7-9-14-25/h7-18,27H,5-6,19-20H2,1-4H3,(H,31,35). The molecule has 0 aromatic heterocycles. The Morgan fingerprint density at radius 1 is 1.00 bits per heavy atom. The van der Waals surface area contributed by atoms with Crippen LogP contribution in [-0.4, -0.2) is 51.4 Å². The number of carbonyl (C=O) groups excluding carboxylic acids is 2. The van der Waals surface area contributed by atoms with Crippen LogP contribution in [0.1, 0.15) is 31.4 Å². The lowest BCUT2D eigenvalue weighted by Gasteiger charge is -2.33. The van der Waals surface area contributed by atoms with Gasteiger partial charge in [0.25, 0.3) is 10.0 Å². The Hall–Kier alpha value is -3.56. The van der Waals surface area contributed by atoms with Gasteiger partial charge < -0.3 is 15.0 Å². The molecule has 1 N–H and O–H groups in total. The fourth-order valence-corrected chi connectivity index (χ4v) is 5.77. The van der Waals surface area contributed by atoms with Crippen LogP contribution in [0.5, 0.6) is 5.75 Å². The maximum Gasteiger partial charge on any atom is 0.264 e. The number of anilines is 1. The molecule has 0 saturated heterocycles. The van der Waals surface area contributed by atoms with Crippen molar-refractivity contribution in [3.63, 3.8) is 0 Å². The number of carbonyl (C=O) groups is 2. The summed E-state index contributed by atoms with van der Waals surface area (Å²) >= 11 is 6.36. The molecule has 0 fully saturated rings. The van der Waals surface area contributed by atoms with Crippen molar-refractivity contribution in [2.24, 2.45) is 0 Å². The fraction of sp³-hybridized carbons (Fsp3) is 0.310. The van der Waals surface area contributed by atoms with Gasteiger partial charge in [0.2, 0.25) is 11.8 Å². The first kappa shape index (κ1) is 30.0. The van der Waals surface area contributed by atoms with E-state index < -0.39 is 28.5 Å². The van der Waals surface area contributed by atoms with Gasteiger partial charge in [-0.25, -0.2) is 8.42 Å². The zero-order chi connectivity index (χ0) is 28.6. The number of hydrogen-bond donors (Lipinski definition) is 1. The van der Waals surface area contributed by atoms with Gasteiger partial charge in [0.15, 0.2) is 0 Å². The summed E-state index contributed by atoms with van der Waals surface area (Å²) in [6.07, 6.45) is 0.337. The summed E-state index contributed by atoms with van der Waals surface area (Å²) in [5.74, 6) is -0.243. The van der Waals surface area contributed by atoms with E-state index in [-0.39, 0.29) is 23.0 Å². The van der Waals surface area contributed by atoms with Gasteiger partial charge in [0.05, 0.1) is 17.7 Å². The van der Waals surface area contributed by atoms with Gasteiger partial charge in [-0.3, -0.25) is 13.9 Å². The van der Waals surface area contributed by atoms with Crippen molar-refractivity contribution in [3.8, 4) is 5.75 Å². The molecule has 0 bridgehead atoms. The Morgan fingerprint density at radius 3 is 2.33 bits per heavy atom. The number of hydrogen-bond acceptors (Lipinski definition) is 5. The quantitative estimate of drug-likeness (QED) is 0.337. The molecule has 0 aliphatic rings. The highest BCUT2D eigenvalue weighted by molar-refractivity contribution is 7.92. The van der Waals surface area contributed by atoms with E-state index in [0.717, 1.165) is 15.4 Å². The average molecular weight is 572 g/mol. The van der Waals surface area contributed by atoms with Crippen LogP contribution in [0.4, 0.5) is 5.69 Å². The van der Waals surface area contributed by atoms with Gasteiger partial charge >= 0.3 is 0 Å². The van der Waals surface area contributed by atoms with Crippen LogP contribution in [0.3, 0.4) is 0 Å². The summed E-state index contributed by atoms with van der Waals surface area (Å²) in [6.45, 7) is 5.36. The van der Waals surface area contributed by atoms with Crippen LogP contribution in [-0.2, 0) is 26.2 Å². The Balaban J connectivity index is 2.08. The molecule has 0 spiro atoms. The third-order valence-corrected chi connectivity index (χ3v) is 8.47. The van der Waals surface area contributed by atoms with E-state index in [1.807, 2.05) is 13.0 Å². The van der Waals surface area contributed by atoms with Gasteiger partial charge in [-0.2, -0.15) is 0 Å². The van der Waals surface area contributed by atoms with Gasteiger partial charge in [-0.15, -0.1) is 0 Å². The molecule has 0 saturated carbocycles. The molecule has 2 amide bonds. The molecule has 39 heavy (non-hydrogen) atoms. The van der Waals surface area contributed by atoms with Crippen molar-refractivity contribution in [1.29, 1.82) is 0 Å². The Bertz CT molecular complexity index is 1400. The van der Waals surface area contributed by atoms with E-state index in [1.54, 1.807) is 69.5 Å². The molecule has 0 heterocycles. The minimum absolute atomic E-state index is 0.0320. The predicted molar refractivity (Wildman–Crippen MR) is 153 cm³/mol. The lowest BCUT2D eigenvalue weighted by atomic mass is 10.1. The molecule has 208 valence electrons. The Labute approximate surface area is 235 Å². The molecule has 1 atom stereocenters. The molecule has 3 aromatic carbocycles. The minimum atomic E-state index is -4.15. The van der Waals surface area contributed by atoms with Crippen molar-refractivity contribution < 1.29 is 22.7 Å². The average Bonchev–Trinajstić information content (AvgIpc) is 2.93. The monoisotopic (exact) mass is 571 g/mol. The normalized spacial score (nSPS) is 11.9. The van der Waals surface area contributed by atoms with Crippen LogP contribution >= 0.6 is 11.6 Å². The van der Waals surface area contributed by atoms with E-state index in [2.05, 4.69) is 5.32 Å². The summed E-state index contributed by atoms with van der Waals surface area (Å²) in [5.41, 5.74) is 1.75. The lowest BCUT2D eigenvalue weighted by Crippen LogP contribution is -2.52. The highest BCUT2D eigenvalue weighted by Gasteiger charge is 2.33. The van der Waals surface area contributed by atoms with Gasteiger partial charge in [-0.05, 0) is 67.8 Å². The second kappa shape index (κ2) is 13.5. The second-order valence-electron chi connectivity index (χ2n) is 8.95. The molecule has 8 nitrogen and oxygen atoms in total. The number of nitrogens with zero attached hydrogens (tertiary/aromatic N) is 2. The summed E-state index contributed by atoms with van der Waals surface area (Å²) in [7, 11) is -2.61. The number of rotatable bonds is 12. The summed E-state index contributed by atoms with van der Waals surface area (Å²) < 4.78 is 34.0. The first-order valence-electron chi connectivity index (χ1n) is 12.7. The summed E-state index contributed by atoms with van der Waals surface area (Å²) in [6, 6.07) is 19.1. The van der Waals surface area contributed by atoms with Crippen molar-refractivity contribution in [2.45, 2.75) is 44.7 Å². The van der Waals surface area contributed by atoms with E-state index >= 15 is 0 Å². The Morgan fingerprint density at radius 2 is 1.72 bits per heavy atom. The molecule has 0 radical (unpaired) electrons. The summed E-state index contributed by atoms with van der Waals surface area (Å²) in [4.78, 5) is 28.5. The lowest BCUT2D eigenvalue weighted by molar-refractivity contribution is -0.140. The van der Waals surface area contributed by atoms with Crippen LogP contribution in [0.25, 0.3) is 0 Å². The first-order valence-corrected chi connectivity index (χ1v) is 14.5. The van der Waals surface area contributed by atoms with Crippen LogP contribution in [0.15, 0.2) is 77.7 Å². The molecular formula is C29H34ClN3O5S. The maximum atomic E-state index is 14.0. The van der Waals surface area contributed by atoms with Crippen LogP contribution < -0.4 is 14.4 Å². The zero-order valence-corrected chi connectivity index (χ0v) is 24.1.